The Morgan fingerprint density at radius 2 is 1.97 bits per heavy atom. The molecule has 6 rings (SSSR count). The standard InChI is InChI=1S/C27H24FN7O2/c1-34-9-8-24(33-34)32-27-30-21(13-23(29)31-27)18-3-2-4-22(19(18)14-36)35-10-7-16-11-17(15-5-6-15)12-20(28)25(16)26(35)37/h2-4,7-13,15,36H,5-6,14H2,1H3,(H3,29,30,31,32,33). The van der Waals surface area contributed by atoms with Gasteiger partial charge in [-0.1, -0.05) is 18.2 Å². The van der Waals surface area contributed by atoms with Crippen molar-refractivity contribution >= 4 is 28.4 Å². The molecule has 0 bridgehead atoms. The maximum Gasteiger partial charge on any atom is 0.265 e. The molecule has 5 aromatic rings. The predicted molar refractivity (Wildman–Crippen MR) is 139 cm³/mol. The number of anilines is 3. The van der Waals surface area contributed by atoms with Crippen LogP contribution in [0.25, 0.3) is 27.7 Å². The van der Waals surface area contributed by atoms with Gasteiger partial charge in [-0.15, -0.1) is 0 Å². The number of nitrogens with zero attached hydrogens (tertiary/aromatic N) is 5. The molecule has 1 aliphatic rings. The van der Waals surface area contributed by atoms with E-state index in [1.807, 2.05) is 6.07 Å². The number of nitrogen functional groups attached to an aromatic ring is 1. The summed E-state index contributed by atoms with van der Waals surface area (Å²) in [5, 5.41) is 18.2. The van der Waals surface area contributed by atoms with E-state index in [1.54, 1.807) is 60.5 Å². The van der Waals surface area contributed by atoms with Crippen molar-refractivity contribution in [2.24, 2.45) is 7.05 Å². The molecule has 4 N–H and O–H groups in total. The number of hydrogen-bond acceptors (Lipinski definition) is 7. The molecule has 9 nitrogen and oxygen atoms in total. The summed E-state index contributed by atoms with van der Waals surface area (Å²) < 4.78 is 18.1. The van der Waals surface area contributed by atoms with E-state index in [1.165, 1.54) is 10.6 Å². The molecule has 0 aliphatic heterocycles. The number of benzene rings is 2. The summed E-state index contributed by atoms with van der Waals surface area (Å²) >= 11 is 0. The van der Waals surface area contributed by atoms with Gasteiger partial charge in [0.2, 0.25) is 5.95 Å². The number of aliphatic hydroxyl groups excluding tert-OH is 1. The minimum absolute atomic E-state index is 0.0225. The van der Waals surface area contributed by atoms with E-state index in [4.69, 9.17) is 5.73 Å². The highest BCUT2D eigenvalue weighted by atomic mass is 19.1. The van der Waals surface area contributed by atoms with Gasteiger partial charge in [0, 0.05) is 42.7 Å². The second-order valence-electron chi connectivity index (χ2n) is 9.19. The Kier molecular flexibility index (Phi) is 5.45. The van der Waals surface area contributed by atoms with Crippen molar-refractivity contribution in [3.8, 4) is 16.9 Å². The molecule has 186 valence electrons. The van der Waals surface area contributed by atoms with Crippen molar-refractivity contribution in [2.45, 2.75) is 25.4 Å². The molecule has 1 aliphatic carbocycles. The summed E-state index contributed by atoms with van der Waals surface area (Å²) in [6, 6.07) is 13.7. The summed E-state index contributed by atoms with van der Waals surface area (Å²) in [6.45, 7) is -0.383. The van der Waals surface area contributed by atoms with Gasteiger partial charge in [-0.25, -0.2) is 9.37 Å². The minimum atomic E-state index is -0.533. The van der Waals surface area contributed by atoms with Gasteiger partial charge in [0.15, 0.2) is 5.82 Å². The molecule has 1 saturated carbocycles. The molecular formula is C27H24FN7O2. The van der Waals surface area contributed by atoms with Crippen molar-refractivity contribution in [2.75, 3.05) is 11.1 Å². The number of aliphatic hydroxyl groups is 1. The molecule has 2 aromatic carbocycles. The fraction of sp³-hybridized carbons (Fsp3) is 0.185. The maximum atomic E-state index is 15.1. The van der Waals surface area contributed by atoms with E-state index in [9.17, 15) is 9.90 Å². The summed E-state index contributed by atoms with van der Waals surface area (Å²) in [6.07, 6.45) is 5.48. The SMILES string of the molecule is Cn1ccc(Nc2nc(N)cc(-c3cccc(-n4ccc5cc(C6CC6)cc(F)c5c4=O)c3CO)n2)n1. The Bertz CT molecular complexity index is 1720. The van der Waals surface area contributed by atoms with E-state index in [-0.39, 0.29) is 23.8 Å². The Labute approximate surface area is 211 Å². The first-order chi connectivity index (χ1) is 17.9. The number of aryl methyl sites for hydroxylation is 1. The third-order valence-electron chi connectivity index (χ3n) is 6.57. The lowest BCUT2D eigenvalue weighted by Crippen LogP contribution is -2.20. The molecule has 0 saturated heterocycles. The highest BCUT2D eigenvalue weighted by Crippen LogP contribution is 2.41. The number of aromatic nitrogens is 5. The lowest BCUT2D eigenvalue weighted by Gasteiger charge is -2.16. The second kappa shape index (κ2) is 8.82. The average Bonchev–Trinajstić information content (AvgIpc) is 3.65. The van der Waals surface area contributed by atoms with E-state index in [0.717, 1.165) is 18.4 Å². The van der Waals surface area contributed by atoms with Crippen molar-refractivity contribution in [3.05, 3.63) is 88.2 Å². The summed E-state index contributed by atoms with van der Waals surface area (Å²) in [4.78, 5) is 22.2. The summed E-state index contributed by atoms with van der Waals surface area (Å²) in [7, 11) is 1.79. The summed E-state index contributed by atoms with van der Waals surface area (Å²) in [5.41, 5.74) is 8.38. The smallest absolute Gasteiger partial charge is 0.265 e. The van der Waals surface area contributed by atoms with Crippen LogP contribution in [-0.2, 0) is 13.7 Å². The van der Waals surface area contributed by atoms with Crippen molar-refractivity contribution in [1.82, 2.24) is 24.3 Å². The monoisotopic (exact) mass is 497 g/mol. The van der Waals surface area contributed by atoms with Gasteiger partial charge < -0.3 is 16.2 Å². The van der Waals surface area contributed by atoms with Crippen LogP contribution >= 0.6 is 0 Å². The molecule has 1 fully saturated rings. The number of nitrogens with one attached hydrogen (secondary N) is 1. The minimum Gasteiger partial charge on any atom is -0.392 e. The molecule has 0 spiro atoms. The Hall–Kier alpha value is -4.57. The van der Waals surface area contributed by atoms with Crippen LogP contribution < -0.4 is 16.6 Å². The van der Waals surface area contributed by atoms with Crippen LogP contribution in [0.4, 0.5) is 22.0 Å². The van der Waals surface area contributed by atoms with E-state index in [2.05, 4.69) is 20.4 Å². The largest absolute Gasteiger partial charge is 0.392 e. The molecule has 3 heterocycles. The quantitative estimate of drug-likeness (QED) is 0.324. The highest BCUT2D eigenvalue weighted by molar-refractivity contribution is 5.84. The zero-order valence-electron chi connectivity index (χ0n) is 20.0. The Morgan fingerprint density at radius 3 is 2.70 bits per heavy atom. The molecular weight excluding hydrogens is 473 g/mol. The van der Waals surface area contributed by atoms with Crippen LogP contribution in [0.5, 0.6) is 0 Å². The summed E-state index contributed by atoms with van der Waals surface area (Å²) in [5.74, 6) is 0.837. The van der Waals surface area contributed by atoms with E-state index in [0.29, 0.717) is 39.6 Å². The van der Waals surface area contributed by atoms with Crippen molar-refractivity contribution < 1.29 is 9.50 Å². The first-order valence-corrected chi connectivity index (χ1v) is 11.9. The first kappa shape index (κ1) is 22.9. The normalized spacial score (nSPS) is 13.3. The molecule has 10 heteroatoms. The highest BCUT2D eigenvalue weighted by Gasteiger charge is 2.25. The number of fused-ring (bicyclic) bond motifs is 1. The molecule has 0 radical (unpaired) electrons. The number of hydrogen-bond donors (Lipinski definition) is 3. The third-order valence-corrected chi connectivity index (χ3v) is 6.57. The third kappa shape index (κ3) is 4.21. The van der Waals surface area contributed by atoms with Gasteiger partial charge in [-0.2, -0.15) is 10.1 Å². The van der Waals surface area contributed by atoms with Gasteiger partial charge in [0.05, 0.1) is 23.4 Å². The predicted octanol–water partition coefficient (Wildman–Crippen LogP) is 4.02. The lowest BCUT2D eigenvalue weighted by atomic mass is 10.0. The van der Waals surface area contributed by atoms with E-state index < -0.39 is 11.4 Å². The van der Waals surface area contributed by atoms with Gasteiger partial charge in [0.25, 0.3) is 5.56 Å². The zero-order chi connectivity index (χ0) is 25.7. The molecule has 0 amide bonds. The van der Waals surface area contributed by atoms with Crippen LogP contribution in [0.15, 0.2) is 65.7 Å². The van der Waals surface area contributed by atoms with Crippen LogP contribution in [0.2, 0.25) is 0 Å². The molecule has 0 atom stereocenters. The number of pyridine rings is 1. The fourth-order valence-electron chi connectivity index (χ4n) is 4.65. The number of halogens is 1. The van der Waals surface area contributed by atoms with Crippen LogP contribution in [0.3, 0.4) is 0 Å². The van der Waals surface area contributed by atoms with Gasteiger partial charge in [-0.3, -0.25) is 14.0 Å². The van der Waals surface area contributed by atoms with Gasteiger partial charge in [0.1, 0.15) is 11.6 Å². The first-order valence-electron chi connectivity index (χ1n) is 11.9. The van der Waals surface area contributed by atoms with Crippen LogP contribution in [0, 0.1) is 5.82 Å². The van der Waals surface area contributed by atoms with E-state index >= 15 is 4.39 Å². The van der Waals surface area contributed by atoms with Crippen molar-refractivity contribution in [3.63, 3.8) is 0 Å². The number of rotatable bonds is 6. The molecule has 37 heavy (non-hydrogen) atoms. The molecule has 0 unspecified atom stereocenters. The average molecular weight is 498 g/mol. The molecule has 3 aromatic heterocycles. The Morgan fingerprint density at radius 1 is 1.14 bits per heavy atom. The van der Waals surface area contributed by atoms with Gasteiger partial charge >= 0.3 is 0 Å². The van der Waals surface area contributed by atoms with Crippen molar-refractivity contribution in [1.29, 1.82) is 0 Å². The Balaban J connectivity index is 1.46. The fourth-order valence-corrected chi connectivity index (χ4v) is 4.65. The maximum absolute atomic E-state index is 15.1. The van der Waals surface area contributed by atoms with Crippen LogP contribution in [-0.4, -0.2) is 29.4 Å². The zero-order valence-corrected chi connectivity index (χ0v) is 20.0. The topological polar surface area (TPSA) is 124 Å². The second-order valence-corrected chi connectivity index (χ2v) is 9.19. The lowest BCUT2D eigenvalue weighted by molar-refractivity contribution is 0.282. The number of nitrogens with two attached hydrogens (primary N) is 1. The van der Waals surface area contributed by atoms with Crippen LogP contribution in [0.1, 0.15) is 29.9 Å². The van der Waals surface area contributed by atoms with Gasteiger partial charge in [-0.05, 0) is 47.9 Å².